The molecular weight excluding hydrogens is 467 g/mol. The lowest BCUT2D eigenvalue weighted by Gasteiger charge is -2.36. The van der Waals surface area contributed by atoms with Crippen molar-refractivity contribution in [2.75, 3.05) is 19.8 Å². The van der Waals surface area contributed by atoms with Gasteiger partial charge in [0, 0.05) is 48.0 Å². The molecule has 3 heterocycles. The fraction of sp³-hybridized carbons (Fsp3) is 0.542. The normalized spacial score (nSPS) is 24.9. The van der Waals surface area contributed by atoms with Crippen LogP contribution >= 0.6 is 0 Å². The Kier molecular flexibility index (Phi) is 6.20. The number of aromatic nitrogens is 1. The molecule has 0 spiro atoms. The number of nitrogens with one attached hydrogen (secondary N) is 2. The second kappa shape index (κ2) is 9.18. The zero-order valence-corrected chi connectivity index (χ0v) is 19.0. The molecule has 5 rings (SSSR count). The zero-order chi connectivity index (χ0) is 24.7. The minimum Gasteiger partial charge on any atom is -0.404 e. The number of carbonyl (C=O) groups is 3. The SMILES string of the molecule is O=C1COCC1NC(=O)[C@@H]1CCCC[C@H]1C(=O)N1CCc2[nH]c3c(OC(F)(F)F)cccc3c2C1. The molecule has 3 atom stereocenters. The third kappa shape index (κ3) is 4.73. The molecular formula is C24H26F3N3O5. The molecule has 35 heavy (non-hydrogen) atoms. The number of para-hydroxylation sites is 1. The number of amides is 2. The number of rotatable bonds is 4. The van der Waals surface area contributed by atoms with Crippen molar-refractivity contribution in [1.82, 2.24) is 15.2 Å². The summed E-state index contributed by atoms with van der Waals surface area (Å²) in [5.41, 5.74) is 1.79. The fourth-order valence-corrected chi connectivity index (χ4v) is 5.46. The number of halogens is 3. The Hall–Kier alpha value is -3.08. The first-order valence-electron chi connectivity index (χ1n) is 11.8. The van der Waals surface area contributed by atoms with Crippen LogP contribution in [0.4, 0.5) is 13.2 Å². The maximum absolute atomic E-state index is 13.6. The Balaban J connectivity index is 1.34. The average Bonchev–Trinajstić information content (AvgIpc) is 3.41. The van der Waals surface area contributed by atoms with Gasteiger partial charge in [0.1, 0.15) is 12.6 Å². The Morgan fingerprint density at radius 1 is 1.17 bits per heavy atom. The summed E-state index contributed by atoms with van der Waals surface area (Å²) < 4.78 is 47.8. The average molecular weight is 493 g/mol. The summed E-state index contributed by atoms with van der Waals surface area (Å²) in [6, 6.07) is 3.79. The van der Waals surface area contributed by atoms with Crippen molar-refractivity contribution in [2.45, 2.75) is 51.1 Å². The highest BCUT2D eigenvalue weighted by Crippen LogP contribution is 2.37. The van der Waals surface area contributed by atoms with E-state index in [1.807, 2.05) is 0 Å². The molecule has 11 heteroatoms. The van der Waals surface area contributed by atoms with Gasteiger partial charge in [-0.1, -0.05) is 25.0 Å². The summed E-state index contributed by atoms with van der Waals surface area (Å²) in [6.07, 6.45) is -1.56. The minimum absolute atomic E-state index is 0.0194. The highest BCUT2D eigenvalue weighted by molar-refractivity contribution is 5.94. The van der Waals surface area contributed by atoms with Crippen molar-refractivity contribution in [3.8, 4) is 5.75 Å². The van der Waals surface area contributed by atoms with Gasteiger partial charge in [0.05, 0.1) is 12.1 Å². The van der Waals surface area contributed by atoms with Gasteiger partial charge in [-0.2, -0.15) is 0 Å². The molecule has 2 fully saturated rings. The number of fused-ring (bicyclic) bond motifs is 3. The molecule has 2 amide bonds. The van der Waals surface area contributed by atoms with E-state index in [4.69, 9.17) is 4.74 Å². The first kappa shape index (κ1) is 23.7. The van der Waals surface area contributed by atoms with E-state index in [0.717, 1.165) is 24.1 Å². The van der Waals surface area contributed by atoms with Crippen molar-refractivity contribution >= 4 is 28.5 Å². The summed E-state index contributed by atoms with van der Waals surface area (Å²) in [6.45, 7) is 0.761. The van der Waals surface area contributed by atoms with Crippen LogP contribution in [0.2, 0.25) is 0 Å². The van der Waals surface area contributed by atoms with Crippen LogP contribution in [0.15, 0.2) is 18.2 Å². The standard InChI is InChI=1S/C24H26F3N3O5/c25-24(26,27)35-20-7-3-6-13-16-10-30(9-8-17(16)28-21(13)20)23(33)15-5-2-1-4-14(15)22(32)29-18-11-34-12-19(18)31/h3,6-7,14-15,18,28H,1-2,4-5,8-12H2,(H,29,32)/t14-,15-,18?/m1/s1. The summed E-state index contributed by atoms with van der Waals surface area (Å²) >= 11 is 0. The predicted octanol–water partition coefficient (Wildman–Crippen LogP) is 2.84. The van der Waals surface area contributed by atoms with E-state index < -0.39 is 24.2 Å². The van der Waals surface area contributed by atoms with E-state index in [2.05, 4.69) is 15.0 Å². The number of hydrogen-bond donors (Lipinski definition) is 2. The van der Waals surface area contributed by atoms with Crippen LogP contribution in [-0.2, 0) is 32.1 Å². The summed E-state index contributed by atoms with van der Waals surface area (Å²) in [4.78, 5) is 43.1. The molecule has 2 aliphatic heterocycles. The van der Waals surface area contributed by atoms with Crippen molar-refractivity contribution < 1.29 is 37.0 Å². The Morgan fingerprint density at radius 3 is 2.66 bits per heavy atom. The second-order valence-electron chi connectivity index (χ2n) is 9.36. The highest BCUT2D eigenvalue weighted by Gasteiger charge is 2.40. The van der Waals surface area contributed by atoms with E-state index in [9.17, 15) is 27.6 Å². The Morgan fingerprint density at radius 2 is 1.94 bits per heavy atom. The number of carbonyl (C=O) groups excluding carboxylic acids is 3. The van der Waals surface area contributed by atoms with Crippen molar-refractivity contribution in [3.63, 3.8) is 0 Å². The van der Waals surface area contributed by atoms with Gasteiger partial charge in [0.25, 0.3) is 0 Å². The topological polar surface area (TPSA) is 101 Å². The first-order chi connectivity index (χ1) is 16.7. The predicted molar refractivity (Wildman–Crippen MR) is 117 cm³/mol. The van der Waals surface area contributed by atoms with Crippen LogP contribution in [-0.4, -0.2) is 59.6 Å². The second-order valence-corrected chi connectivity index (χ2v) is 9.36. The van der Waals surface area contributed by atoms with Gasteiger partial charge in [-0.15, -0.1) is 13.2 Å². The van der Waals surface area contributed by atoms with E-state index in [0.29, 0.717) is 31.2 Å². The maximum Gasteiger partial charge on any atom is 0.573 e. The highest BCUT2D eigenvalue weighted by atomic mass is 19.4. The number of nitrogens with zero attached hydrogens (tertiary/aromatic N) is 1. The smallest absolute Gasteiger partial charge is 0.404 e. The number of H-pyrrole nitrogens is 1. The molecule has 2 N–H and O–H groups in total. The third-order valence-electron chi connectivity index (χ3n) is 7.16. The molecule has 0 radical (unpaired) electrons. The van der Waals surface area contributed by atoms with E-state index in [1.165, 1.54) is 12.1 Å². The Labute approximate surface area is 199 Å². The van der Waals surface area contributed by atoms with Crippen LogP contribution in [0.1, 0.15) is 36.9 Å². The molecule has 1 aromatic carbocycles. The molecule has 2 aromatic rings. The Bertz CT molecular complexity index is 1160. The van der Waals surface area contributed by atoms with Crippen LogP contribution in [0.5, 0.6) is 5.75 Å². The fourth-order valence-electron chi connectivity index (χ4n) is 5.46. The molecule has 8 nitrogen and oxygen atoms in total. The van der Waals surface area contributed by atoms with E-state index in [1.54, 1.807) is 11.0 Å². The number of hydrogen-bond acceptors (Lipinski definition) is 5. The van der Waals surface area contributed by atoms with Gasteiger partial charge >= 0.3 is 6.36 Å². The van der Waals surface area contributed by atoms with Gasteiger partial charge in [0.15, 0.2) is 11.5 Å². The number of benzene rings is 1. The molecule has 1 saturated carbocycles. The molecule has 1 saturated heterocycles. The molecule has 188 valence electrons. The van der Waals surface area contributed by atoms with Gasteiger partial charge in [-0.3, -0.25) is 14.4 Å². The first-order valence-corrected chi connectivity index (χ1v) is 11.8. The lowest BCUT2D eigenvalue weighted by Crippen LogP contribution is -2.49. The van der Waals surface area contributed by atoms with Crippen LogP contribution in [0.3, 0.4) is 0 Å². The van der Waals surface area contributed by atoms with Gasteiger partial charge in [0.2, 0.25) is 11.8 Å². The summed E-state index contributed by atoms with van der Waals surface area (Å²) in [7, 11) is 0. The number of alkyl halides is 3. The molecule has 0 bridgehead atoms. The molecule has 1 aromatic heterocycles. The number of ether oxygens (including phenoxy) is 2. The summed E-state index contributed by atoms with van der Waals surface area (Å²) in [5.74, 6) is -1.95. The van der Waals surface area contributed by atoms with Gasteiger partial charge < -0.3 is 24.7 Å². The van der Waals surface area contributed by atoms with Crippen LogP contribution in [0, 0.1) is 11.8 Å². The van der Waals surface area contributed by atoms with E-state index in [-0.39, 0.29) is 48.6 Å². The van der Waals surface area contributed by atoms with Gasteiger partial charge in [-0.25, -0.2) is 0 Å². The number of aromatic amines is 1. The number of ketones is 1. The van der Waals surface area contributed by atoms with Crippen LogP contribution < -0.4 is 10.1 Å². The molecule has 1 aliphatic carbocycles. The van der Waals surface area contributed by atoms with E-state index >= 15 is 0 Å². The van der Waals surface area contributed by atoms with Crippen molar-refractivity contribution in [1.29, 1.82) is 0 Å². The lowest BCUT2D eigenvalue weighted by molar-refractivity contribution is -0.274. The lowest BCUT2D eigenvalue weighted by atomic mass is 9.77. The quantitative estimate of drug-likeness (QED) is 0.682. The molecule has 1 unspecified atom stereocenters. The molecule has 3 aliphatic rings. The maximum atomic E-state index is 13.6. The zero-order valence-electron chi connectivity index (χ0n) is 19.0. The monoisotopic (exact) mass is 493 g/mol. The summed E-state index contributed by atoms with van der Waals surface area (Å²) in [5, 5.41) is 3.33. The third-order valence-corrected chi connectivity index (χ3v) is 7.16. The van der Waals surface area contributed by atoms with Crippen molar-refractivity contribution in [2.24, 2.45) is 11.8 Å². The largest absolute Gasteiger partial charge is 0.573 e. The van der Waals surface area contributed by atoms with Crippen LogP contribution in [0.25, 0.3) is 10.9 Å². The van der Waals surface area contributed by atoms with Crippen molar-refractivity contribution in [3.05, 3.63) is 29.5 Å². The minimum atomic E-state index is -4.81. The number of Topliss-reactive ketones (excluding diaryl/α,β-unsaturated/α-hetero) is 1. The van der Waals surface area contributed by atoms with Gasteiger partial charge in [-0.05, 0) is 18.9 Å².